The fourth-order valence-corrected chi connectivity index (χ4v) is 3.01. The number of carbonyl (C=O) groups is 1. The fraction of sp³-hybridized carbons (Fsp3) is 0.923. The summed E-state index contributed by atoms with van der Waals surface area (Å²) in [6, 6.07) is 0.494. The van der Waals surface area contributed by atoms with Crippen molar-refractivity contribution in [2.24, 2.45) is 5.92 Å². The van der Waals surface area contributed by atoms with Crippen LogP contribution in [0.2, 0.25) is 0 Å². The van der Waals surface area contributed by atoms with Gasteiger partial charge in [-0.1, -0.05) is 19.8 Å². The molecule has 0 radical (unpaired) electrons. The molecule has 3 unspecified atom stereocenters. The average Bonchev–Trinajstić information content (AvgIpc) is 2.39. The molecule has 3 atom stereocenters. The minimum Gasteiger partial charge on any atom is -0.323 e. The van der Waals surface area contributed by atoms with Gasteiger partial charge in [0.1, 0.15) is 0 Å². The SMILES string of the molecule is CCCC1NC(C)N(C(C)C2CCC2)C1=O. The second kappa shape index (κ2) is 4.74. The van der Waals surface area contributed by atoms with Gasteiger partial charge in [-0.15, -0.1) is 0 Å². The molecule has 3 heteroatoms. The van der Waals surface area contributed by atoms with Crippen molar-refractivity contribution in [1.29, 1.82) is 0 Å². The predicted molar refractivity (Wildman–Crippen MR) is 64.9 cm³/mol. The van der Waals surface area contributed by atoms with E-state index in [-0.39, 0.29) is 12.2 Å². The first kappa shape index (κ1) is 11.9. The third kappa shape index (κ3) is 1.97. The van der Waals surface area contributed by atoms with Gasteiger partial charge in [0.15, 0.2) is 0 Å². The van der Waals surface area contributed by atoms with Gasteiger partial charge in [-0.25, -0.2) is 0 Å². The first-order chi connectivity index (χ1) is 7.65. The van der Waals surface area contributed by atoms with Crippen LogP contribution in [-0.4, -0.2) is 29.1 Å². The predicted octanol–water partition coefficient (Wildman–Crippen LogP) is 2.12. The zero-order valence-electron chi connectivity index (χ0n) is 10.7. The van der Waals surface area contributed by atoms with Gasteiger partial charge in [-0.05, 0) is 39.0 Å². The van der Waals surface area contributed by atoms with E-state index in [4.69, 9.17) is 0 Å². The van der Waals surface area contributed by atoms with Crippen LogP contribution in [-0.2, 0) is 4.79 Å². The van der Waals surface area contributed by atoms with Gasteiger partial charge in [-0.2, -0.15) is 0 Å². The van der Waals surface area contributed by atoms with Gasteiger partial charge in [0.05, 0.1) is 12.2 Å². The van der Waals surface area contributed by atoms with E-state index in [1.165, 1.54) is 19.3 Å². The molecule has 2 rings (SSSR count). The lowest BCUT2D eigenvalue weighted by atomic mass is 9.79. The fourth-order valence-electron chi connectivity index (χ4n) is 3.01. The minimum atomic E-state index is 0.0718. The number of amides is 1. The van der Waals surface area contributed by atoms with Crippen LogP contribution in [0.4, 0.5) is 0 Å². The molecular weight excluding hydrogens is 200 g/mol. The number of hydrogen-bond donors (Lipinski definition) is 1. The number of rotatable bonds is 4. The monoisotopic (exact) mass is 224 g/mol. The van der Waals surface area contributed by atoms with E-state index in [2.05, 4.69) is 31.0 Å². The largest absolute Gasteiger partial charge is 0.323 e. The Morgan fingerprint density at radius 3 is 2.69 bits per heavy atom. The third-order valence-corrected chi connectivity index (χ3v) is 4.26. The van der Waals surface area contributed by atoms with Crippen molar-refractivity contribution < 1.29 is 4.79 Å². The maximum atomic E-state index is 12.3. The lowest BCUT2D eigenvalue weighted by molar-refractivity contribution is -0.133. The quantitative estimate of drug-likeness (QED) is 0.793. The number of carbonyl (C=O) groups excluding carboxylic acids is 1. The Kier molecular flexibility index (Phi) is 3.53. The Morgan fingerprint density at radius 1 is 1.50 bits per heavy atom. The second-order valence-corrected chi connectivity index (χ2v) is 5.36. The van der Waals surface area contributed by atoms with Gasteiger partial charge >= 0.3 is 0 Å². The molecular formula is C13H24N2O. The summed E-state index contributed by atoms with van der Waals surface area (Å²) in [4.78, 5) is 14.3. The molecule has 1 amide bonds. The molecule has 1 aliphatic heterocycles. The van der Waals surface area contributed by atoms with Crippen LogP contribution in [0.5, 0.6) is 0 Å². The Hall–Kier alpha value is -0.570. The molecule has 0 aromatic heterocycles. The van der Waals surface area contributed by atoms with E-state index in [0.717, 1.165) is 18.8 Å². The molecule has 2 aliphatic rings. The maximum Gasteiger partial charge on any atom is 0.241 e. The van der Waals surface area contributed by atoms with Crippen LogP contribution in [0.25, 0.3) is 0 Å². The van der Waals surface area contributed by atoms with Gasteiger partial charge in [0.25, 0.3) is 0 Å². The molecule has 0 bridgehead atoms. The van der Waals surface area contributed by atoms with E-state index in [1.807, 2.05) is 0 Å². The van der Waals surface area contributed by atoms with E-state index >= 15 is 0 Å². The summed E-state index contributed by atoms with van der Waals surface area (Å²) in [6.07, 6.45) is 6.21. The van der Waals surface area contributed by atoms with E-state index < -0.39 is 0 Å². The zero-order chi connectivity index (χ0) is 11.7. The van der Waals surface area contributed by atoms with E-state index in [1.54, 1.807) is 0 Å². The van der Waals surface area contributed by atoms with Crippen molar-refractivity contribution in [3.63, 3.8) is 0 Å². The molecule has 1 aliphatic carbocycles. The molecule has 1 saturated carbocycles. The van der Waals surface area contributed by atoms with Crippen LogP contribution >= 0.6 is 0 Å². The normalized spacial score (nSPS) is 32.9. The summed E-state index contributed by atoms with van der Waals surface area (Å²) in [5.74, 6) is 1.07. The molecule has 1 heterocycles. The molecule has 3 nitrogen and oxygen atoms in total. The number of nitrogens with one attached hydrogen (secondary N) is 1. The molecule has 92 valence electrons. The van der Waals surface area contributed by atoms with Crippen LogP contribution in [0, 0.1) is 5.92 Å². The smallest absolute Gasteiger partial charge is 0.241 e. The summed E-state index contributed by atoms with van der Waals surface area (Å²) in [5, 5.41) is 3.41. The molecule has 2 fully saturated rings. The van der Waals surface area contributed by atoms with Crippen LogP contribution in [0.3, 0.4) is 0 Å². The topological polar surface area (TPSA) is 32.3 Å². The van der Waals surface area contributed by atoms with Gasteiger partial charge in [-0.3, -0.25) is 10.1 Å². The molecule has 16 heavy (non-hydrogen) atoms. The molecule has 0 aromatic rings. The molecule has 1 saturated heterocycles. The van der Waals surface area contributed by atoms with Crippen molar-refractivity contribution in [3.8, 4) is 0 Å². The number of nitrogens with zero attached hydrogens (tertiary/aromatic N) is 1. The molecule has 0 spiro atoms. The summed E-state index contributed by atoms with van der Waals surface area (Å²) in [5.41, 5.74) is 0. The van der Waals surface area contributed by atoms with E-state index in [0.29, 0.717) is 11.9 Å². The average molecular weight is 224 g/mol. The highest BCUT2D eigenvalue weighted by atomic mass is 16.2. The Morgan fingerprint density at radius 2 is 2.19 bits per heavy atom. The van der Waals surface area contributed by atoms with Crippen molar-refractivity contribution in [1.82, 2.24) is 10.2 Å². The van der Waals surface area contributed by atoms with Crippen molar-refractivity contribution in [2.75, 3.05) is 0 Å². The van der Waals surface area contributed by atoms with Crippen molar-refractivity contribution >= 4 is 5.91 Å². The van der Waals surface area contributed by atoms with Crippen LogP contribution in [0.1, 0.15) is 52.9 Å². The van der Waals surface area contributed by atoms with Gasteiger partial charge in [0.2, 0.25) is 5.91 Å². The molecule has 1 N–H and O–H groups in total. The second-order valence-electron chi connectivity index (χ2n) is 5.36. The minimum absolute atomic E-state index is 0.0718. The Bertz CT molecular complexity index is 263. The summed E-state index contributed by atoms with van der Waals surface area (Å²) in [7, 11) is 0. The summed E-state index contributed by atoms with van der Waals surface area (Å²) < 4.78 is 0. The highest BCUT2D eigenvalue weighted by Gasteiger charge is 2.41. The van der Waals surface area contributed by atoms with Gasteiger partial charge < -0.3 is 4.90 Å². The van der Waals surface area contributed by atoms with Crippen molar-refractivity contribution in [2.45, 2.75) is 71.1 Å². The summed E-state index contributed by atoms with van der Waals surface area (Å²) >= 11 is 0. The standard InChI is InChI=1S/C13H24N2O/c1-4-6-12-13(16)15(10(3)14-12)9(2)11-7-5-8-11/h9-12,14H,4-8H2,1-3H3. The van der Waals surface area contributed by atoms with E-state index in [9.17, 15) is 4.79 Å². The first-order valence-corrected chi connectivity index (χ1v) is 6.73. The van der Waals surface area contributed by atoms with Gasteiger partial charge in [0, 0.05) is 6.04 Å². The Labute approximate surface area is 98.6 Å². The highest BCUT2D eigenvalue weighted by molar-refractivity contribution is 5.84. The van der Waals surface area contributed by atoms with Crippen LogP contribution < -0.4 is 5.32 Å². The lowest BCUT2D eigenvalue weighted by Gasteiger charge is -2.39. The maximum absolute atomic E-state index is 12.3. The Balaban J connectivity index is 2.00. The van der Waals surface area contributed by atoms with Crippen LogP contribution in [0.15, 0.2) is 0 Å². The zero-order valence-corrected chi connectivity index (χ0v) is 10.7. The molecule has 0 aromatic carbocycles. The first-order valence-electron chi connectivity index (χ1n) is 6.73. The number of hydrogen-bond acceptors (Lipinski definition) is 2. The van der Waals surface area contributed by atoms with Crippen molar-refractivity contribution in [3.05, 3.63) is 0 Å². The lowest BCUT2D eigenvalue weighted by Crippen LogP contribution is -2.47. The third-order valence-electron chi connectivity index (χ3n) is 4.26. The summed E-state index contributed by atoms with van der Waals surface area (Å²) in [6.45, 7) is 6.47. The highest BCUT2D eigenvalue weighted by Crippen LogP contribution is 2.34.